The third-order valence-electron chi connectivity index (χ3n) is 0.750. The van der Waals surface area contributed by atoms with Crippen molar-refractivity contribution in [3.63, 3.8) is 0 Å². The Morgan fingerprint density at radius 3 is 2.36 bits per heavy atom. The third kappa shape index (κ3) is 6.92. The van der Waals surface area contributed by atoms with Crippen LogP contribution in [0.15, 0.2) is 11.0 Å². The fourth-order valence-electron chi connectivity index (χ4n) is 0.391. The van der Waals surface area contributed by atoms with E-state index >= 15 is 0 Å². The molecule has 0 rings (SSSR count). The van der Waals surface area contributed by atoms with Crippen LogP contribution in [0, 0.1) is 0 Å². The van der Waals surface area contributed by atoms with Gasteiger partial charge in [-0.2, -0.15) is 0 Å². The van der Waals surface area contributed by atoms with Crippen LogP contribution in [0.1, 0.15) is 6.92 Å². The SMILES string of the molecule is C/C(=C\C(=O)O)SCC(=O)O. The number of carboxylic acids is 2. The number of rotatable bonds is 4. The third-order valence-corrected chi connectivity index (χ3v) is 1.71. The van der Waals surface area contributed by atoms with Crippen molar-refractivity contribution in [2.75, 3.05) is 5.75 Å². The number of hydrogen-bond acceptors (Lipinski definition) is 3. The van der Waals surface area contributed by atoms with Gasteiger partial charge in [0.2, 0.25) is 0 Å². The van der Waals surface area contributed by atoms with Crippen molar-refractivity contribution in [1.82, 2.24) is 0 Å². The summed E-state index contributed by atoms with van der Waals surface area (Å²) in [6.45, 7) is 1.56. The molecule has 0 amide bonds. The molecule has 0 aromatic heterocycles. The fraction of sp³-hybridized carbons (Fsp3) is 0.333. The minimum atomic E-state index is -1.06. The molecule has 0 aliphatic rings. The van der Waals surface area contributed by atoms with Crippen LogP contribution in [0.5, 0.6) is 0 Å². The second-order valence-corrected chi connectivity index (χ2v) is 3.00. The topological polar surface area (TPSA) is 74.6 Å². The maximum Gasteiger partial charge on any atom is 0.329 e. The molecule has 0 bridgehead atoms. The first kappa shape index (κ1) is 10.0. The van der Waals surface area contributed by atoms with Gasteiger partial charge in [0, 0.05) is 6.08 Å². The molecule has 0 saturated heterocycles. The Hall–Kier alpha value is -0.970. The van der Waals surface area contributed by atoms with Crippen LogP contribution < -0.4 is 0 Å². The van der Waals surface area contributed by atoms with Crippen molar-refractivity contribution in [2.24, 2.45) is 0 Å². The number of allylic oxidation sites excluding steroid dienone is 1. The first-order valence-corrected chi connectivity index (χ1v) is 3.76. The molecule has 0 aliphatic carbocycles. The highest BCUT2D eigenvalue weighted by atomic mass is 32.2. The lowest BCUT2D eigenvalue weighted by Crippen LogP contribution is -1.98. The molecule has 0 heterocycles. The van der Waals surface area contributed by atoms with Gasteiger partial charge in [0.15, 0.2) is 0 Å². The van der Waals surface area contributed by atoms with Gasteiger partial charge in [0.05, 0.1) is 5.75 Å². The Labute approximate surface area is 67.9 Å². The van der Waals surface area contributed by atoms with Gasteiger partial charge < -0.3 is 10.2 Å². The van der Waals surface area contributed by atoms with Crippen LogP contribution in [0.2, 0.25) is 0 Å². The Bertz CT molecular complexity index is 197. The molecule has 0 radical (unpaired) electrons. The molecule has 11 heavy (non-hydrogen) atoms. The predicted octanol–water partition coefficient (Wildman–Crippen LogP) is 0.793. The van der Waals surface area contributed by atoms with Crippen LogP contribution in [-0.2, 0) is 9.59 Å². The summed E-state index contributed by atoms with van der Waals surface area (Å²) in [4.78, 5) is 20.5. The van der Waals surface area contributed by atoms with Crippen LogP contribution >= 0.6 is 11.8 Å². The highest BCUT2D eigenvalue weighted by molar-refractivity contribution is 8.03. The standard InChI is InChI=1S/C6H8O4S/c1-4(2-5(7)8)11-3-6(9)10/h2H,3H2,1H3,(H,7,8)(H,9,10)/b4-2+. The average Bonchev–Trinajstić information content (AvgIpc) is 1.82. The summed E-state index contributed by atoms with van der Waals surface area (Å²) >= 11 is 0.994. The van der Waals surface area contributed by atoms with Gasteiger partial charge in [-0.25, -0.2) is 4.79 Å². The lowest BCUT2D eigenvalue weighted by molar-refractivity contribution is -0.134. The van der Waals surface area contributed by atoms with Crippen molar-refractivity contribution < 1.29 is 19.8 Å². The van der Waals surface area contributed by atoms with Gasteiger partial charge >= 0.3 is 11.9 Å². The Morgan fingerprint density at radius 1 is 1.45 bits per heavy atom. The second-order valence-electron chi connectivity index (χ2n) is 1.78. The van der Waals surface area contributed by atoms with E-state index in [9.17, 15) is 9.59 Å². The van der Waals surface area contributed by atoms with E-state index in [0.29, 0.717) is 4.91 Å². The van der Waals surface area contributed by atoms with Crippen molar-refractivity contribution >= 4 is 23.7 Å². The lowest BCUT2D eigenvalue weighted by atomic mass is 10.5. The first-order valence-electron chi connectivity index (χ1n) is 2.78. The van der Waals surface area contributed by atoms with E-state index in [1.54, 1.807) is 6.92 Å². The number of carbonyl (C=O) groups is 2. The van der Waals surface area contributed by atoms with Crippen LogP contribution in [-0.4, -0.2) is 27.9 Å². The largest absolute Gasteiger partial charge is 0.481 e. The Balaban J connectivity index is 3.77. The van der Waals surface area contributed by atoms with E-state index in [1.165, 1.54) is 0 Å². The van der Waals surface area contributed by atoms with Gasteiger partial charge in [-0.3, -0.25) is 4.79 Å². The molecular formula is C6H8O4S. The zero-order chi connectivity index (χ0) is 8.85. The summed E-state index contributed by atoms with van der Waals surface area (Å²) in [6.07, 6.45) is 0.980. The summed E-state index contributed by atoms with van der Waals surface area (Å²) in [7, 11) is 0. The highest BCUT2D eigenvalue weighted by Crippen LogP contribution is 2.13. The molecule has 0 unspecified atom stereocenters. The molecule has 0 fully saturated rings. The first-order chi connectivity index (χ1) is 5.02. The number of aliphatic carboxylic acids is 2. The van der Waals surface area contributed by atoms with Crippen molar-refractivity contribution in [3.8, 4) is 0 Å². The van der Waals surface area contributed by atoms with Crippen LogP contribution in [0.25, 0.3) is 0 Å². The number of thioether (sulfide) groups is 1. The van der Waals surface area contributed by atoms with Crippen LogP contribution in [0.3, 0.4) is 0 Å². The summed E-state index contributed by atoms with van der Waals surface area (Å²) < 4.78 is 0. The minimum Gasteiger partial charge on any atom is -0.481 e. The van der Waals surface area contributed by atoms with Gasteiger partial charge in [-0.1, -0.05) is 0 Å². The van der Waals surface area contributed by atoms with Crippen molar-refractivity contribution in [3.05, 3.63) is 11.0 Å². The Morgan fingerprint density at radius 2 is 2.00 bits per heavy atom. The van der Waals surface area contributed by atoms with E-state index in [-0.39, 0.29) is 5.75 Å². The highest BCUT2D eigenvalue weighted by Gasteiger charge is 1.99. The predicted molar refractivity (Wildman–Crippen MR) is 41.5 cm³/mol. The molecule has 0 aliphatic heterocycles. The summed E-state index contributed by atoms with van der Waals surface area (Å²) in [6, 6.07) is 0. The second kappa shape index (κ2) is 4.79. The lowest BCUT2D eigenvalue weighted by Gasteiger charge is -1.94. The maximum atomic E-state index is 10.0. The van der Waals surface area contributed by atoms with Gasteiger partial charge in [-0.15, -0.1) is 11.8 Å². The zero-order valence-corrected chi connectivity index (χ0v) is 6.72. The summed E-state index contributed by atoms with van der Waals surface area (Å²) in [5, 5.41) is 16.4. The van der Waals surface area contributed by atoms with Crippen molar-refractivity contribution in [2.45, 2.75) is 6.92 Å². The monoisotopic (exact) mass is 176 g/mol. The molecular weight excluding hydrogens is 168 g/mol. The molecule has 0 aromatic rings. The average molecular weight is 176 g/mol. The summed E-state index contributed by atoms with van der Waals surface area (Å²) in [5.41, 5.74) is 0. The molecule has 0 atom stereocenters. The number of carboxylic acid groups (broad SMARTS) is 2. The van der Waals surface area contributed by atoms with Gasteiger partial charge in [0.1, 0.15) is 0 Å². The van der Waals surface area contributed by atoms with E-state index in [4.69, 9.17) is 10.2 Å². The van der Waals surface area contributed by atoms with E-state index in [0.717, 1.165) is 17.8 Å². The van der Waals surface area contributed by atoms with Crippen molar-refractivity contribution in [1.29, 1.82) is 0 Å². The molecule has 0 aromatic carbocycles. The number of hydrogen-bond donors (Lipinski definition) is 2. The smallest absolute Gasteiger partial charge is 0.329 e. The molecule has 4 nitrogen and oxygen atoms in total. The molecule has 5 heteroatoms. The van der Waals surface area contributed by atoms with E-state index < -0.39 is 11.9 Å². The van der Waals surface area contributed by atoms with Gasteiger partial charge in [-0.05, 0) is 11.8 Å². The molecule has 62 valence electrons. The molecule has 0 spiro atoms. The zero-order valence-electron chi connectivity index (χ0n) is 5.90. The van der Waals surface area contributed by atoms with Crippen LogP contribution in [0.4, 0.5) is 0 Å². The maximum absolute atomic E-state index is 10.0. The summed E-state index contributed by atoms with van der Waals surface area (Å²) in [5.74, 6) is -2.11. The quantitative estimate of drug-likeness (QED) is 0.619. The fourth-order valence-corrected chi connectivity index (χ4v) is 0.926. The molecule has 0 saturated carbocycles. The van der Waals surface area contributed by atoms with Gasteiger partial charge in [0.25, 0.3) is 0 Å². The van der Waals surface area contributed by atoms with E-state index in [2.05, 4.69) is 0 Å². The molecule has 2 N–H and O–H groups in total. The van der Waals surface area contributed by atoms with E-state index in [1.807, 2.05) is 0 Å². The minimum absolute atomic E-state index is 0.102. The Kier molecular flexibility index (Phi) is 4.36. The normalized spacial score (nSPS) is 11.2.